The third-order valence-electron chi connectivity index (χ3n) is 4.56. The van der Waals surface area contributed by atoms with Crippen molar-refractivity contribution in [3.8, 4) is 0 Å². The average molecular weight is 436 g/mol. The standard InChI is InChI=1S/C22H27Cl2N3O2/c1-14(2)10-19(22(25)29)26-21(28)11-15-6-4-5-7-20(15)27(3)13-16-8-9-17(23)12-18(16)24/h4-9,12,14,19H,10-11,13H2,1-3H3,(H2,25,29)(H,26,28). The van der Waals surface area contributed by atoms with Crippen molar-refractivity contribution in [3.63, 3.8) is 0 Å². The number of nitrogens with zero attached hydrogens (tertiary/aromatic N) is 1. The van der Waals surface area contributed by atoms with Crippen LogP contribution in [0.3, 0.4) is 0 Å². The highest BCUT2D eigenvalue weighted by atomic mass is 35.5. The summed E-state index contributed by atoms with van der Waals surface area (Å²) in [5.74, 6) is -0.509. The molecule has 5 nitrogen and oxygen atoms in total. The summed E-state index contributed by atoms with van der Waals surface area (Å²) >= 11 is 12.3. The molecular formula is C22H27Cl2N3O2. The van der Waals surface area contributed by atoms with Gasteiger partial charge in [0.05, 0.1) is 6.42 Å². The number of amides is 2. The fraction of sp³-hybridized carbons (Fsp3) is 0.364. The van der Waals surface area contributed by atoms with Gasteiger partial charge in [0.15, 0.2) is 0 Å². The number of carbonyl (C=O) groups excluding carboxylic acids is 2. The molecule has 0 radical (unpaired) electrons. The lowest BCUT2D eigenvalue weighted by Crippen LogP contribution is -2.45. The van der Waals surface area contributed by atoms with Crippen molar-refractivity contribution in [2.75, 3.05) is 11.9 Å². The second kappa shape index (κ2) is 10.5. The van der Waals surface area contributed by atoms with E-state index in [1.165, 1.54) is 0 Å². The lowest BCUT2D eigenvalue weighted by Gasteiger charge is -2.24. The molecule has 0 aliphatic heterocycles. The molecule has 0 heterocycles. The summed E-state index contributed by atoms with van der Waals surface area (Å²) in [5.41, 5.74) is 8.13. The molecule has 0 aliphatic carbocycles. The van der Waals surface area contributed by atoms with Crippen LogP contribution in [0.1, 0.15) is 31.4 Å². The highest BCUT2D eigenvalue weighted by Gasteiger charge is 2.20. The van der Waals surface area contributed by atoms with E-state index >= 15 is 0 Å². The van der Waals surface area contributed by atoms with Crippen molar-refractivity contribution in [1.82, 2.24) is 5.32 Å². The number of carbonyl (C=O) groups is 2. The van der Waals surface area contributed by atoms with Crippen LogP contribution in [0.25, 0.3) is 0 Å². The maximum Gasteiger partial charge on any atom is 0.240 e. The maximum absolute atomic E-state index is 12.6. The highest BCUT2D eigenvalue weighted by molar-refractivity contribution is 6.35. The van der Waals surface area contributed by atoms with E-state index in [0.717, 1.165) is 16.8 Å². The Hall–Kier alpha value is -2.24. The van der Waals surface area contributed by atoms with Crippen molar-refractivity contribution in [3.05, 3.63) is 63.6 Å². The van der Waals surface area contributed by atoms with Gasteiger partial charge in [-0.3, -0.25) is 9.59 Å². The number of nitrogens with one attached hydrogen (secondary N) is 1. The zero-order valence-electron chi connectivity index (χ0n) is 16.9. The molecule has 1 unspecified atom stereocenters. The zero-order valence-corrected chi connectivity index (χ0v) is 18.4. The zero-order chi connectivity index (χ0) is 21.6. The first kappa shape index (κ1) is 23.0. The Bertz CT molecular complexity index is 871. The van der Waals surface area contributed by atoms with E-state index < -0.39 is 11.9 Å². The number of halogens is 2. The Morgan fingerprint density at radius 3 is 2.41 bits per heavy atom. The summed E-state index contributed by atoms with van der Waals surface area (Å²) < 4.78 is 0. The van der Waals surface area contributed by atoms with Gasteiger partial charge in [-0.25, -0.2) is 0 Å². The number of rotatable bonds is 9. The molecule has 0 saturated carbocycles. The Labute approximate surface area is 182 Å². The van der Waals surface area contributed by atoms with Crippen LogP contribution in [-0.4, -0.2) is 24.9 Å². The number of nitrogens with two attached hydrogens (primary N) is 1. The highest BCUT2D eigenvalue weighted by Crippen LogP contribution is 2.26. The largest absolute Gasteiger partial charge is 0.370 e. The smallest absolute Gasteiger partial charge is 0.240 e. The van der Waals surface area contributed by atoms with Crippen LogP contribution in [0.15, 0.2) is 42.5 Å². The Morgan fingerprint density at radius 1 is 1.10 bits per heavy atom. The molecule has 156 valence electrons. The van der Waals surface area contributed by atoms with Crippen LogP contribution in [0, 0.1) is 5.92 Å². The summed E-state index contributed by atoms with van der Waals surface area (Å²) in [6.07, 6.45) is 0.661. The molecule has 7 heteroatoms. The lowest BCUT2D eigenvalue weighted by atomic mass is 10.0. The normalized spacial score (nSPS) is 11.9. The van der Waals surface area contributed by atoms with Gasteiger partial charge in [-0.2, -0.15) is 0 Å². The Balaban J connectivity index is 2.13. The van der Waals surface area contributed by atoms with Gasteiger partial charge >= 0.3 is 0 Å². The molecule has 2 aromatic rings. The summed E-state index contributed by atoms with van der Waals surface area (Å²) in [4.78, 5) is 26.2. The molecule has 0 saturated heterocycles. The first-order valence-corrected chi connectivity index (χ1v) is 10.2. The molecule has 2 rings (SSSR count). The molecule has 0 aromatic heterocycles. The van der Waals surface area contributed by atoms with E-state index in [4.69, 9.17) is 28.9 Å². The molecule has 2 amide bonds. The molecule has 2 aromatic carbocycles. The van der Waals surface area contributed by atoms with Gasteiger partial charge in [0.25, 0.3) is 0 Å². The second-order valence-corrected chi connectivity index (χ2v) is 8.39. The second-order valence-electron chi connectivity index (χ2n) is 7.55. The van der Waals surface area contributed by atoms with Crippen LogP contribution in [0.4, 0.5) is 5.69 Å². The molecule has 1 atom stereocenters. The van der Waals surface area contributed by atoms with Crippen LogP contribution in [0.2, 0.25) is 10.0 Å². The molecule has 29 heavy (non-hydrogen) atoms. The summed E-state index contributed by atoms with van der Waals surface area (Å²) in [7, 11) is 1.94. The van der Waals surface area contributed by atoms with Crippen molar-refractivity contribution >= 4 is 40.7 Å². The Kier molecular flexibility index (Phi) is 8.35. The topological polar surface area (TPSA) is 75.4 Å². The van der Waals surface area contributed by atoms with Crippen LogP contribution < -0.4 is 16.0 Å². The van der Waals surface area contributed by atoms with Crippen LogP contribution >= 0.6 is 23.2 Å². The van der Waals surface area contributed by atoms with Gasteiger partial charge in [-0.15, -0.1) is 0 Å². The van der Waals surface area contributed by atoms with Gasteiger partial charge in [0.2, 0.25) is 11.8 Å². The minimum atomic E-state index is -0.666. The van der Waals surface area contributed by atoms with Gasteiger partial charge in [-0.1, -0.05) is 61.3 Å². The summed E-state index contributed by atoms with van der Waals surface area (Å²) in [6, 6.07) is 12.4. The molecular weight excluding hydrogens is 409 g/mol. The van der Waals surface area contributed by atoms with Crippen molar-refractivity contribution in [1.29, 1.82) is 0 Å². The third-order valence-corrected chi connectivity index (χ3v) is 5.15. The number of hydrogen-bond donors (Lipinski definition) is 2. The first-order valence-electron chi connectivity index (χ1n) is 9.49. The number of benzene rings is 2. The van der Waals surface area contributed by atoms with Crippen molar-refractivity contribution in [2.24, 2.45) is 11.7 Å². The lowest BCUT2D eigenvalue weighted by molar-refractivity contribution is -0.127. The van der Waals surface area contributed by atoms with E-state index in [1.54, 1.807) is 12.1 Å². The molecule has 0 spiro atoms. The van der Waals surface area contributed by atoms with E-state index in [-0.39, 0.29) is 18.2 Å². The average Bonchev–Trinajstić information content (AvgIpc) is 2.63. The predicted molar refractivity (Wildman–Crippen MR) is 119 cm³/mol. The summed E-state index contributed by atoms with van der Waals surface area (Å²) in [5, 5.41) is 3.94. The van der Waals surface area contributed by atoms with Gasteiger partial charge in [0.1, 0.15) is 6.04 Å². The van der Waals surface area contributed by atoms with E-state index in [0.29, 0.717) is 23.0 Å². The van der Waals surface area contributed by atoms with Crippen LogP contribution in [-0.2, 0) is 22.6 Å². The van der Waals surface area contributed by atoms with E-state index in [9.17, 15) is 9.59 Å². The summed E-state index contributed by atoms with van der Waals surface area (Å²) in [6.45, 7) is 4.52. The fourth-order valence-electron chi connectivity index (χ4n) is 3.16. The minimum Gasteiger partial charge on any atom is -0.370 e. The fourth-order valence-corrected chi connectivity index (χ4v) is 3.63. The first-order chi connectivity index (χ1) is 13.7. The van der Waals surface area contributed by atoms with Gasteiger partial charge < -0.3 is 16.0 Å². The predicted octanol–water partition coefficient (Wildman–Crippen LogP) is 4.19. The SMILES string of the molecule is CC(C)CC(NC(=O)Cc1ccccc1N(C)Cc1ccc(Cl)cc1Cl)C(N)=O. The molecule has 0 aliphatic rings. The minimum absolute atomic E-state index is 0.150. The van der Waals surface area contributed by atoms with E-state index in [1.807, 2.05) is 56.1 Å². The number of hydrogen-bond acceptors (Lipinski definition) is 3. The van der Waals surface area contributed by atoms with E-state index in [2.05, 4.69) is 5.32 Å². The third kappa shape index (κ3) is 6.94. The Morgan fingerprint density at radius 2 is 1.79 bits per heavy atom. The van der Waals surface area contributed by atoms with Crippen molar-refractivity contribution < 1.29 is 9.59 Å². The quantitative estimate of drug-likeness (QED) is 0.619. The van der Waals surface area contributed by atoms with Crippen LogP contribution in [0.5, 0.6) is 0 Å². The van der Waals surface area contributed by atoms with Gasteiger partial charge in [0, 0.05) is 29.3 Å². The molecule has 0 fully saturated rings. The van der Waals surface area contributed by atoms with Gasteiger partial charge in [-0.05, 0) is 41.7 Å². The monoisotopic (exact) mass is 435 g/mol. The molecule has 3 N–H and O–H groups in total. The number of anilines is 1. The maximum atomic E-state index is 12.6. The molecule has 0 bridgehead atoms. The van der Waals surface area contributed by atoms with Crippen molar-refractivity contribution in [2.45, 2.75) is 39.3 Å². The number of primary amides is 1. The number of para-hydroxylation sites is 1.